The van der Waals surface area contributed by atoms with Crippen LogP contribution < -0.4 is 0 Å². The maximum atomic E-state index is 13.0. The standard InChI is InChI=1S/C28H41NO5S/c1-16-10-9-11-28(8)24(34-28)13-22(17(2)12-21-15-35-20(5)29-21)33-25(31)14-23(30)27(6,7)19(4)18(3)26(16)32/h9-10,12,15-16,18,22-24,26,30,32H,4,11,13-14H2,1-3,5-8H3/b10-9+,17-12+/t16?,18?,22?,23?,24?,26?,28-/m1/s1. The van der Waals surface area contributed by atoms with Crippen molar-refractivity contribution in [3.05, 3.63) is 46.0 Å². The van der Waals surface area contributed by atoms with Crippen molar-refractivity contribution in [3.8, 4) is 0 Å². The number of hydrogen-bond donors (Lipinski definition) is 2. The van der Waals surface area contributed by atoms with Gasteiger partial charge in [-0.2, -0.15) is 0 Å². The van der Waals surface area contributed by atoms with Gasteiger partial charge in [-0.3, -0.25) is 4.79 Å². The van der Waals surface area contributed by atoms with E-state index in [9.17, 15) is 15.0 Å². The topological polar surface area (TPSA) is 92.2 Å². The lowest BCUT2D eigenvalue weighted by molar-refractivity contribution is -0.151. The fourth-order valence-corrected chi connectivity index (χ4v) is 5.34. The van der Waals surface area contributed by atoms with Crippen LogP contribution in [-0.4, -0.2) is 51.2 Å². The van der Waals surface area contributed by atoms with Crippen LogP contribution in [0.4, 0.5) is 0 Å². The smallest absolute Gasteiger partial charge is 0.309 e. The van der Waals surface area contributed by atoms with E-state index in [1.807, 2.05) is 59.1 Å². The van der Waals surface area contributed by atoms with Crippen LogP contribution in [0.2, 0.25) is 0 Å². The average Bonchev–Trinajstić information content (AvgIpc) is 3.22. The summed E-state index contributed by atoms with van der Waals surface area (Å²) in [6.45, 7) is 17.8. The van der Waals surface area contributed by atoms with Gasteiger partial charge in [-0.05, 0) is 38.8 Å². The van der Waals surface area contributed by atoms with Gasteiger partial charge in [-0.1, -0.05) is 52.0 Å². The number of thiazole rings is 1. The number of ether oxygens (including phenoxy) is 2. The van der Waals surface area contributed by atoms with E-state index >= 15 is 0 Å². The maximum Gasteiger partial charge on any atom is 0.309 e. The van der Waals surface area contributed by atoms with Crippen LogP contribution in [-0.2, 0) is 14.3 Å². The molecule has 35 heavy (non-hydrogen) atoms. The molecule has 6 nitrogen and oxygen atoms in total. The Bertz CT molecular complexity index is 995. The number of aliphatic hydroxyl groups excluding tert-OH is 2. The maximum absolute atomic E-state index is 13.0. The van der Waals surface area contributed by atoms with Crippen molar-refractivity contribution < 1.29 is 24.5 Å². The second-order valence-electron chi connectivity index (χ2n) is 11.1. The summed E-state index contributed by atoms with van der Waals surface area (Å²) in [4.78, 5) is 17.5. The van der Waals surface area contributed by atoms with Crippen LogP contribution in [0.1, 0.15) is 71.5 Å². The lowest BCUT2D eigenvalue weighted by Gasteiger charge is -2.38. The van der Waals surface area contributed by atoms with E-state index in [2.05, 4.69) is 24.6 Å². The highest BCUT2D eigenvalue weighted by molar-refractivity contribution is 7.09. The number of fused-ring (bicyclic) bond motifs is 1. The van der Waals surface area contributed by atoms with Crippen molar-refractivity contribution in [2.24, 2.45) is 17.3 Å². The van der Waals surface area contributed by atoms with E-state index in [0.29, 0.717) is 18.4 Å². The van der Waals surface area contributed by atoms with Crippen LogP contribution in [0, 0.1) is 24.2 Å². The number of carbonyl (C=O) groups excluding carboxylic acids is 1. The van der Waals surface area contributed by atoms with Crippen LogP contribution in [0.3, 0.4) is 0 Å². The first-order valence-corrected chi connectivity index (χ1v) is 13.3. The molecule has 3 heterocycles. The van der Waals surface area contributed by atoms with Crippen molar-refractivity contribution in [3.63, 3.8) is 0 Å². The molecule has 2 aliphatic heterocycles. The summed E-state index contributed by atoms with van der Waals surface area (Å²) in [5, 5.41) is 24.9. The fourth-order valence-electron chi connectivity index (χ4n) is 4.77. The molecule has 0 aromatic carbocycles. The molecular weight excluding hydrogens is 462 g/mol. The molecule has 1 saturated heterocycles. The Morgan fingerprint density at radius 1 is 1.29 bits per heavy atom. The molecule has 7 atom stereocenters. The third-order valence-corrected chi connectivity index (χ3v) is 8.63. The highest BCUT2D eigenvalue weighted by Crippen LogP contribution is 2.44. The monoisotopic (exact) mass is 503 g/mol. The molecule has 2 aliphatic rings. The number of hydrogen-bond acceptors (Lipinski definition) is 7. The predicted octanol–water partition coefficient (Wildman–Crippen LogP) is 5.24. The molecule has 6 unspecified atom stereocenters. The van der Waals surface area contributed by atoms with Gasteiger partial charge in [0.05, 0.1) is 41.0 Å². The number of aryl methyl sites for hydroxylation is 1. The summed E-state index contributed by atoms with van der Waals surface area (Å²) in [6.07, 6.45) is 4.94. The minimum absolute atomic E-state index is 0.0568. The van der Waals surface area contributed by atoms with Crippen molar-refractivity contribution in [1.29, 1.82) is 0 Å². The summed E-state index contributed by atoms with van der Waals surface area (Å²) < 4.78 is 12.0. The molecule has 0 radical (unpaired) electrons. The summed E-state index contributed by atoms with van der Waals surface area (Å²) in [5.74, 6) is -0.822. The van der Waals surface area contributed by atoms with Gasteiger partial charge in [-0.25, -0.2) is 4.98 Å². The zero-order chi connectivity index (χ0) is 26.1. The molecule has 0 bridgehead atoms. The summed E-state index contributed by atoms with van der Waals surface area (Å²) in [7, 11) is 0. The minimum Gasteiger partial charge on any atom is -0.458 e. The number of carbonyl (C=O) groups is 1. The van der Waals surface area contributed by atoms with Crippen molar-refractivity contribution in [2.45, 2.75) is 97.7 Å². The molecule has 2 N–H and O–H groups in total. The molecule has 194 valence electrons. The second kappa shape index (κ2) is 10.7. The van der Waals surface area contributed by atoms with E-state index in [1.165, 1.54) is 0 Å². The van der Waals surface area contributed by atoms with E-state index in [-0.39, 0.29) is 30.0 Å². The molecule has 0 saturated carbocycles. The highest BCUT2D eigenvalue weighted by Gasteiger charge is 2.52. The van der Waals surface area contributed by atoms with Gasteiger partial charge < -0.3 is 19.7 Å². The Hall–Kier alpha value is -1.80. The van der Waals surface area contributed by atoms with Crippen molar-refractivity contribution >= 4 is 23.4 Å². The van der Waals surface area contributed by atoms with E-state index in [0.717, 1.165) is 16.3 Å². The lowest BCUT2D eigenvalue weighted by atomic mass is 9.71. The third kappa shape index (κ3) is 6.50. The van der Waals surface area contributed by atoms with Gasteiger partial charge in [0.1, 0.15) is 6.10 Å². The van der Waals surface area contributed by atoms with Crippen molar-refractivity contribution in [1.82, 2.24) is 4.98 Å². The van der Waals surface area contributed by atoms with Gasteiger partial charge in [0.2, 0.25) is 0 Å². The SMILES string of the molecule is C=C1C(C)C(O)C(C)/C=C/C[C@@]2(C)OC2CC(/C(C)=C/c2csc(C)n2)OC(=O)CC(O)C1(C)C. The number of aliphatic hydroxyl groups is 2. The van der Waals surface area contributed by atoms with E-state index in [4.69, 9.17) is 9.47 Å². The van der Waals surface area contributed by atoms with Crippen molar-refractivity contribution in [2.75, 3.05) is 0 Å². The third-order valence-electron chi connectivity index (χ3n) is 7.84. The largest absolute Gasteiger partial charge is 0.458 e. The normalized spacial score (nSPS) is 37.9. The zero-order valence-electron chi connectivity index (χ0n) is 22.1. The summed E-state index contributed by atoms with van der Waals surface area (Å²) in [5.41, 5.74) is 1.33. The van der Waals surface area contributed by atoms with Gasteiger partial charge in [0, 0.05) is 29.1 Å². The van der Waals surface area contributed by atoms with Crippen LogP contribution >= 0.6 is 11.3 Å². The summed E-state index contributed by atoms with van der Waals surface area (Å²) >= 11 is 1.57. The lowest BCUT2D eigenvalue weighted by Crippen LogP contribution is -2.39. The molecule has 1 aromatic heterocycles. The van der Waals surface area contributed by atoms with Crippen LogP contribution in [0.25, 0.3) is 6.08 Å². The molecule has 7 heteroatoms. The van der Waals surface area contributed by atoms with Gasteiger partial charge in [-0.15, -0.1) is 11.3 Å². The fraction of sp³-hybridized carbons (Fsp3) is 0.643. The first-order valence-electron chi connectivity index (χ1n) is 12.4. The molecule has 3 rings (SSSR count). The summed E-state index contributed by atoms with van der Waals surface area (Å²) in [6, 6.07) is 0. The van der Waals surface area contributed by atoms with Crippen LogP contribution in [0.5, 0.6) is 0 Å². The van der Waals surface area contributed by atoms with Gasteiger partial charge >= 0.3 is 5.97 Å². The van der Waals surface area contributed by atoms with Gasteiger partial charge in [0.15, 0.2) is 0 Å². The predicted molar refractivity (Wildman–Crippen MR) is 140 cm³/mol. The van der Waals surface area contributed by atoms with Crippen LogP contribution in [0.15, 0.2) is 35.3 Å². The average molecular weight is 504 g/mol. The Morgan fingerprint density at radius 2 is 1.97 bits per heavy atom. The number of rotatable bonds is 2. The Balaban J connectivity index is 1.89. The second-order valence-corrected chi connectivity index (χ2v) is 12.1. The number of aromatic nitrogens is 1. The van der Waals surface area contributed by atoms with E-state index < -0.39 is 29.7 Å². The Labute approximate surface area is 213 Å². The van der Waals surface area contributed by atoms with E-state index in [1.54, 1.807) is 11.3 Å². The molecular formula is C28H41NO5S. The first kappa shape index (κ1) is 27.8. The van der Waals surface area contributed by atoms with Gasteiger partial charge in [0.25, 0.3) is 0 Å². The number of cyclic esters (lactones) is 1. The first-order chi connectivity index (χ1) is 16.2. The molecule has 0 aliphatic carbocycles. The number of esters is 1. The number of epoxide rings is 1. The Kier molecular flexibility index (Phi) is 8.47. The Morgan fingerprint density at radius 3 is 2.60 bits per heavy atom. The highest BCUT2D eigenvalue weighted by atomic mass is 32.1. The molecule has 1 aromatic rings. The molecule has 0 spiro atoms. The molecule has 0 amide bonds. The zero-order valence-corrected chi connectivity index (χ0v) is 22.9. The molecule has 1 fully saturated rings. The minimum atomic E-state index is -0.996. The number of nitrogens with zero attached hydrogens (tertiary/aromatic N) is 1. The quantitative estimate of drug-likeness (QED) is 0.326.